The number of nitrogens with one attached hydrogen (secondary N) is 1. The molecule has 0 aliphatic rings. The van der Waals surface area contributed by atoms with Crippen LogP contribution in [-0.4, -0.2) is 21.5 Å². The summed E-state index contributed by atoms with van der Waals surface area (Å²) in [5.41, 5.74) is 3.25. The van der Waals surface area contributed by atoms with Crippen LogP contribution in [0, 0.1) is 6.92 Å². The molecule has 0 saturated heterocycles. The predicted molar refractivity (Wildman–Crippen MR) is 94.3 cm³/mol. The number of hydrogen-bond acceptors (Lipinski definition) is 3. The molecule has 1 amide bonds. The van der Waals surface area contributed by atoms with Crippen LogP contribution in [0.4, 0.5) is 0 Å². The van der Waals surface area contributed by atoms with E-state index in [1.165, 1.54) is 0 Å². The van der Waals surface area contributed by atoms with Gasteiger partial charge in [0.05, 0.1) is 17.3 Å². The highest BCUT2D eigenvalue weighted by molar-refractivity contribution is 7.98. The molecule has 1 aromatic carbocycles. The Bertz CT molecular complexity index is 875. The van der Waals surface area contributed by atoms with Gasteiger partial charge in [0, 0.05) is 22.9 Å². The molecule has 118 valence electrons. The molecule has 0 fully saturated rings. The molecule has 6 heteroatoms. The second-order valence-electron chi connectivity index (χ2n) is 5.21. The van der Waals surface area contributed by atoms with Crippen molar-refractivity contribution in [1.29, 1.82) is 0 Å². The Balaban J connectivity index is 1.75. The van der Waals surface area contributed by atoms with Crippen LogP contribution in [0.3, 0.4) is 0 Å². The number of hydrogen-bond donors (Lipinski definition) is 1. The summed E-state index contributed by atoms with van der Waals surface area (Å²) in [6.45, 7) is 2.31. The summed E-state index contributed by atoms with van der Waals surface area (Å²) < 4.78 is 1.85. The third-order valence-corrected chi connectivity index (χ3v) is 4.53. The largest absolute Gasteiger partial charge is 0.346 e. The number of rotatable bonds is 4. The van der Waals surface area contributed by atoms with Crippen molar-refractivity contribution in [2.45, 2.75) is 18.4 Å². The van der Waals surface area contributed by atoms with E-state index in [-0.39, 0.29) is 5.91 Å². The van der Waals surface area contributed by atoms with Crippen molar-refractivity contribution in [3.63, 3.8) is 0 Å². The Labute approximate surface area is 143 Å². The molecule has 0 atom stereocenters. The zero-order valence-corrected chi connectivity index (χ0v) is 14.4. The standard InChI is InChI=1S/C17H16ClN3OS/c1-11-3-5-14(23-2)7-15(11)17(22)19-8-13-10-21-9-12(18)4-6-16(21)20-13/h3-7,9-10H,8H2,1-2H3,(H,19,22). The average molecular weight is 346 g/mol. The Morgan fingerprint density at radius 2 is 2.13 bits per heavy atom. The number of thioether (sulfide) groups is 1. The lowest BCUT2D eigenvalue weighted by Crippen LogP contribution is -2.23. The average Bonchev–Trinajstić information content (AvgIpc) is 2.95. The Hall–Kier alpha value is -1.98. The molecule has 3 aromatic rings. The maximum Gasteiger partial charge on any atom is 0.251 e. The fraction of sp³-hybridized carbons (Fsp3) is 0.176. The number of halogens is 1. The van der Waals surface area contributed by atoms with Crippen LogP contribution >= 0.6 is 23.4 Å². The van der Waals surface area contributed by atoms with Crippen molar-refractivity contribution in [2.75, 3.05) is 6.26 Å². The van der Waals surface area contributed by atoms with E-state index in [9.17, 15) is 4.79 Å². The van der Waals surface area contributed by atoms with E-state index >= 15 is 0 Å². The maximum absolute atomic E-state index is 12.4. The topological polar surface area (TPSA) is 46.4 Å². The minimum atomic E-state index is -0.0894. The SMILES string of the molecule is CSc1ccc(C)c(C(=O)NCc2cn3cc(Cl)ccc3n2)c1. The summed E-state index contributed by atoms with van der Waals surface area (Å²) in [5.74, 6) is -0.0894. The Morgan fingerprint density at radius 1 is 1.30 bits per heavy atom. The highest BCUT2D eigenvalue weighted by atomic mass is 35.5. The van der Waals surface area contributed by atoms with Crippen molar-refractivity contribution in [3.05, 3.63) is 64.6 Å². The van der Waals surface area contributed by atoms with E-state index in [1.807, 2.05) is 48.0 Å². The first kappa shape index (κ1) is 15.9. The molecule has 0 radical (unpaired) electrons. The van der Waals surface area contributed by atoms with Crippen LogP contribution in [-0.2, 0) is 6.54 Å². The van der Waals surface area contributed by atoms with Gasteiger partial charge in [-0.15, -0.1) is 11.8 Å². The summed E-state index contributed by atoms with van der Waals surface area (Å²) in [5, 5.41) is 3.57. The molecule has 0 unspecified atom stereocenters. The molecule has 0 aliphatic heterocycles. The third-order valence-electron chi connectivity index (χ3n) is 3.58. The van der Waals surface area contributed by atoms with E-state index in [4.69, 9.17) is 11.6 Å². The Kier molecular flexibility index (Phi) is 4.59. The molecular weight excluding hydrogens is 330 g/mol. The smallest absolute Gasteiger partial charge is 0.251 e. The normalized spacial score (nSPS) is 10.9. The number of nitrogens with zero attached hydrogens (tertiary/aromatic N) is 2. The van der Waals surface area contributed by atoms with Crippen LogP contribution in [0.5, 0.6) is 0 Å². The van der Waals surface area contributed by atoms with Crippen molar-refractivity contribution in [2.24, 2.45) is 0 Å². The van der Waals surface area contributed by atoms with Crippen molar-refractivity contribution in [1.82, 2.24) is 14.7 Å². The molecule has 0 aliphatic carbocycles. The fourth-order valence-corrected chi connectivity index (χ4v) is 2.95. The maximum atomic E-state index is 12.4. The second-order valence-corrected chi connectivity index (χ2v) is 6.52. The lowest BCUT2D eigenvalue weighted by atomic mass is 10.1. The molecule has 0 saturated carbocycles. The number of pyridine rings is 1. The second kappa shape index (κ2) is 6.64. The lowest BCUT2D eigenvalue weighted by molar-refractivity contribution is 0.0949. The minimum absolute atomic E-state index is 0.0894. The molecule has 1 N–H and O–H groups in total. The van der Waals surface area contributed by atoms with Crippen LogP contribution < -0.4 is 5.32 Å². The summed E-state index contributed by atoms with van der Waals surface area (Å²) >= 11 is 7.58. The van der Waals surface area contributed by atoms with Gasteiger partial charge in [0.25, 0.3) is 5.91 Å². The molecule has 2 heterocycles. The zero-order chi connectivity index (χ0) is 16.4. The summed E-state index contributed by atoms with van der Waals surface area (Å²) in [6.07, 6.45) is 5.65. The van der Waals surface area contributed by atoms with Gasteiger partial charge in [-0.05, 0) is 43.0 Å². The highest BCUT2D eigenvalue weighted by Crippen LogP contribution is 2.19. The highest BCUT2D eigenvalue weighted by Gasteiger charge is 2.11. The summed E-state index contributed by atoms with van der Waals surface area (Å²) in [7, 11) is 0. The molecule has 3 rings (SSSR count). The van der Waals surface area contributed by atoms with Gasteiger partial charge in [-0.1, -0.05) is 17.7 Å². The van der Waals surface area contributed by atoms with Gasteiger partial charge in [0.1, 0.15) is 5.65 Å². The van der Waals surface area contributed by atoms with E-state index in [0.717, 1.165) is 21.8 Å². The first-order chi connectivity index (χ1) is 11.1. The van der Waals surface area contributed by atoms with Crippen LogP contribution in [0.25, 0.3) is 5.65 Å². The molecular formula is C17H16ClN3OS. The van der Waals surface area contributed by atoms with Crippen LogP contribution in [0.15, 0.2) is 47.6 Å². The van der Waals surface area contributed by atoms with Crippen LogP contribution in [0.2, 0.25) is 5.02 Å². The predicted octanol–water partition coefficient (Wildman–Crippen LogP) is 3.95. The van der Waals surface area contributed by atoms with E-state index in [1.54, 1.807) is 24.0 Å². The van der Waals surface area contributed by atoms with Crippen molar-refractivity contribution < 1.29 is 4.79 Å². The molecule has 4 nitrogen and oxygen atoms in total. The van der Waals surface area contributed by atoms with E-state index in [0.29, 0.717) is 17.1 Å². The van der Waals surface area contributed by atoms with Gasteiger partial charge in [-0.25, -0.2) is 4.98 Å². The number of aromatic nitrogens is 2. The molecule has 0 spiro atoms. The zero-order valence-electron chi connectivity index (χ0n) is 12.8. The fourth-order valence-electron chi connectivity index (χ4n) is 2.34. The van der Waals surface area contributed by atoms with Gasteiger partial charge < -0.3 is 9.72 Å². The molecule has 23 heavy (non-hydrogen) atoms. The quantitative estimate of drug-likeness (QED) is 0.728. The van der Waals surface area contributed by atoms with E-state index in [2.05, 4.69) is 10.3 Å². The minimum Gasteiger partial charge on any atom is -0.346 e. The molecule has 2 aromatic heterocycles. The summed E-state index contributed by atoms with van der Waals surface area (Å²) in [6, 6.07) is 9.54. The number of benzene rings is 1. The first-order valence-corrected chi connectivity index (χ1v) is 8.73. The van der Waals surface area contributed by atoms with Gasteiger partial charge in [-0.3, -0.25) is 4.79 Å². The number of imidazole rings is 1. The lowest BCUT2D eigenvalue weighted by Gasteiger charge is -2.08. The number of carbonyl (C=O) groups excluding carboxylic acids is 1. The van der Waals surface area contributed by atoms with Gasteiger partial charge in [-0.2, -0.15) is 0 Å². The van der Waals surface area contributed by atoms with Crippen LogP contribution in [0.1, 0.15) is 21.6 Å². The number of amides is 1. The first-order valence-electron chi connectivity index (χ1n) is 7.13. The monoisotopic (exact) mass is 345 g/mol. The van der Waals surface area contributed by atoms with Gasteiger partial charge in [0.2, 0.25) is 0 Å². The molecule has 0 bridgehead atoms. The number of aryl methyl sites for hydroxylation is 1. The number of carbonyl (C=O) groups is 1. The van der Waals surface area contributed by atoms with Crippen molar-refractivity contribution in [3.8, 4) is 0 Å². The van der Waals surface area contributed by atoms with E-state index < -0.39 is 0 Å². The Morgan fingerprint density at radius 3 is 2.91 bits per heavy atom. The van der Waals surface area contributed by atoms with Gasteiger partial charge >= 0.3 is 0 Å². The summed E-state index contributed by atoms with van der Waals surface area (Å²) in [4.78, 5) is 17.9. The third kappa shape index (κ3) is 3.51. The van der Waals surface area contributed by atoms with Gasteiger partial charge in [0.15, 0.2) is 0 Å². The number of fused-ring (bicyclic) bond motifs is 1. The van der Waals surface area contributed by atoms with Crippen molar-refractivity contribution >= 4 is 34.9 Å².